The molecule has 0 fully saturated rings. The molecule has 258 valence electrons. The van der Waals surface area contributed by atoms with Gasteiger partial charge in [-0.15, -0.1) is 0 Å². The summed E-state index contributed by atoms with van der Waals surface area (Å²) in [6.45, 7) is 6.37. The van der Waals surface area contributed by atoms with Gasteiger partial charge in [0, 0.05) is 12.8 Å². The first-order valence-corrected chi connectivity index (χ1v) is 18.9. The van der Waals surface area contributed by atoms with Gasteiger partial charge in [0.2, 0.25) is 0 Å². The highest BCUT2D eigenvalue weighted by molar-refractivity contribution is 5.69. The van der Waals surface area contributed by atoms with E-state index in [-0.39, 0.29) is 18.5 Å². The van der Waals surface area contributed by atoms with Crippen molar-refractivity contribution in [1.82, 2.24) is 0 Å². The fourth-order valence-corrected chi connectivity index (χ4v) is 5.17. The SMILES string of the molecule is CCCCCCCC/C=C\CCCCCCCC(=O)OCC(C)OOC(=O)CCCCCCC/C=C\CCCCCCCC. The Labute approximate surface area is 273 Å². The molecule has 1 atom stereocenters. The summed E-state index contributed by atoms with van der Waals surface area (Å²) in [6.07, 6.45) is 41.7. The highest BCUT2D eigenvalue weighted by Gasteiger charge is 2.12. The molecule has 5 heteroatoms. The Balaban J connectivity index is 3.45. The largest absolute Gasteiger partial charge is 0.463 e. The maximum atomic E-state index is 12.0. The van der Waals surface area contributed by atoms with E-state index in [4.69, 9.17) is 14.5 Å². The number of carbonyl (C=O) groups excluding carboxylic acids is 2. The number of carbonyl (C=O) groups is 2. The van der Waals surface area contributed by atoms with Crippen LogP contribution in [0.25, 0.3) is 0 Å². The van der Waals surface area contributed by atoms with E-state index in [1.807, 2.05) is 0 Å². The number of ether oxygens (including phenoxy) is 1. The van der Waals surface area contributed by atoms with Crippen LogP contribution in [0.4, 0.5) is 0 Å². The molecule has 1 unspecified atom stereocenters. The zero-order valence-electron chi connectivity index (χ0n) is 29.4. The first-order chi connectivity index (χ1) is 21.6. The van der Waals surface area contributed by atoms with Crippen LogP contribution in [-0.2, 0) is 24.1 Å². The van der Waals surface area contributed by atoms with Gasteiger partial charge in [0.25, 0.3) is 0 Å². The molecular weight excluding hydrogens is 548 g/mol. The minimum absolute atomic E-state index is 0.102. The average molecular weight is 621 g/mol. The maximum Gasteiger partial charge on any atom is 0.342 e. The summed E-state index contributed by atoms with van der Waals surface area (Å²) in [5, 5.41) is 0. The van der Waals surface area contributed by atoms with Gasteiger partial charge in [0.05, 0.1) is 0 Å². The van der Waals surface area contributed by atoms with Crippen molar-refractivity contribution in [1.29, 1.82) is 0 Å². The van der Waals surface area contributed by atoms with Crippen molar-refractivity contribution < 1.29 is 24.1 Å². The molecule has 0 rings (SSSR count). The van der Waals surface area contributed by atoms with Crippen molar-refractivity contribution in [3.63, 3.8) is 0 Å². The lowest BCUT2D eigenvalue weighted by Crippen LogP contribution is -2.21. The zero-order chi connectivity index (χ0) is 32.2. The predicted molar refractivity (Wildman–Crippen MR) is 187 cm³/mol. The van der Waals surface area contributed by atoms with Crippen LogP contribution in [0, 0.1) is 0 Å². The number of allylic oxidation sites excluding steroid dienone is 4. The Kier molecular flexibility index (Phi) is 34.5. The molecule has 0 aromatic rings. The predicted octanol–water partition coefficient (Wildman–Crippen LogP) is 12.5. The molecule has 5 nitrogen and oxygen atoms in total. The second-order valence-electron chi connectivity index (χ2n) is 12.7. The molecular formula is C39H72O5. The number of rotatable bonds is 34. The minimum atomic E-state index is -0.467. The molecule has 0 aliphatic heterocycles. The van der Waals surface area contributed by atoms with Gasteiger partial charge in [0.1, 0.15) is 12.7 Å². The van der Waals surface area contributed by atoms with Crippen LogP contribution in [0.5, 0.6) is 0 Å². The molecule has 0 N–H and O–H groups in total. The summed E-state index contributed by atoms with van der Waals surface area (Å²) in [6, 6.07) is 0. The Morgan fingerprint density at radius 3 is 1.23 bits per heavy atom. The van der Waals surface area contributed by atoms with E-state index in [9.17, 15) is 9.59 Å². The monoisotopic (exact) mass is 621 g/mol. The quantitative estimate of drug-likeness (QED) is 0.0235. The summed E-state index contributed by atoms with van der Waals surface area (Å²) in [5.74, 6) is -0.563. The van der Waals surface area contributed by atoms with Crippen LogP contribution in [0.3, 0.4) is 0 Å². The third kappa shape index (κ3) is 34.9. The topological polar surface area (TPSA) is 61.8 Å². The molecule has 0 aliphatic carbocycles. The van der Waals surface area contributed by atoms with Crippen molar-refractivity contribution in [2.45, 2.75) is 207 Å². The smallest absolute Gasteiger partial charge is 0.342 e. The average Bonchev–Trinajstić information content (AvgIpc) is 3.02. The van der Waals surface area contributed by atoms with E-state index in [0.717, 1.165) is 51.4 Å². The molecule has 0 heterocycles. The standard InChI is InChI=1S/C39H72O5/c1-4-6-8-10-12-14-16-18-20-22-24-26-28-30-32-34-38(40)42-36-37(3)43-44-39(41)35-33-31-29-27-25-23-21-19-17-15-13-11-9-7-5-2/h18-21,37H,4-17,22-36H2,1-3H3/b20-18-,21-19-. The Morgan fingerprint density at radius 1 is 0.477 bits per heavy atom. The maximum absolute atomic E-state index is 12.0. The molecule has 0 aromatic carbocycles. The number of unbranched alkanes of at least 4 members (excludes halogenated alkanes) is 22. The summed E-state index contributed by atoms with van der Waals surface area (Å²) in [4.78, 5) is 33.9. The molecule has 0 amide bonds. The van der Waals surface area contributed by atoms with Gasteiger partial charge in [-0.05, 0) is 71.1 Å². The van der Waals surface area contributed by atoms with Gasteiger partial charge < -0.3 is 4.74 Å². The molecule has 0 aromatic heterocycles. The Hall–Kier alpha value is -1.62. The summed E-state index contributed by atoms with van der Waals surface area (Å²) >= 11 is 0. The minimum Gasteiger partial charge on any atom is -0.463 e. The highest BCUT2D eigenvalue weighted by Crippen LogP contribution is 2.12. The van der Waals surface area contributed by atoms with Crippen molar-refractivity contribution in [2.24, 2.45) is 0 Å². The van der Waals surface area contributed by atoms with Gasteiger partial charge in [-0.2, -0.15) is 4.89 Å². The summed E-state index contributed by atoms with van der Waals surface area (Å²) < 4.78 is 5.28. The second kappa shape index (κ2) is 35.9. The number of hydrogen-bond donors (Lipinski definition) is 0. The van der Waals surface area contributed by atoms with Crippen molar-refractivity contribution in [3.05, 3.63) is 24.3 Å². The van der Waals surface area contributed by atoms with E-state index in [1.54, 1.807) is 6.92 Å². The van der Waals surface area contributed by atoms with Crippen LogP contribution in [0.2, 0.25) is 0 Å². The van der Waals surface area contributed by atoms with Gasteiger partial charge in [-0.25, -0.2) is 4.79 Å². The van der Waals surface area contributed by atoms with E-state index in [0.29, 0.717) is 12.8 Å². The van der Waals surface area contributed by atoms with Crippen LogP contribution in [0.15, 0.2) is 24.3 Å². The third-order valence-electron chi connectivity index (χ3n) is 8.07. The van der Waals surface area contributed by atoms with E-state index >= 15 is 0 Å². The Bertz CT molecular complexity index is 615. The van der Waals surface area contributed by atoms with E-state index in [1.165, 1.54) is 116 Å². The van der Waals surface area contributed by atoms with E-state index in [2.05, 4.69) is 38.2 Å². The van der Waals surface area contributed by atoms with Crippen molar-refractivity contribution in [2.75, 3.05) is 6.61 Å². The Morgan fingerprint density at radius 2 is 0.818 bits per heavy atom. The highest BCUT2D eigenvalue weighted by atomic mass is 17.2. The van der Waals surface area contributed by atoms with Gasteiger partial charge >= 0.3 is 11.9 Å². The zero-order valence-corrected chi connectivity index (χ0v) is 29.4. The third-order valence-corrected chi connectivity index (χ3v) is 8.07. The fourth-order valence-electron chi connectivity index (χ4n) is 5.17. The molecule has 44 heavy (non-hydrogen) atoms. The van der Waals surface area contributed by atoms with Crippen molar-refractivity contribution in [3.8, 4) is 0 Å². The van der Waals surface area contributed by atoms with Gasteiger partial charge in [-0.3, -0.25) is 9.68 Å². The van der Waals surface area contributed by atoms with Gasteiger partial charge in [0.15, 0.2) is 0 Å². The molecule has 0 radical (unpaired) electrons. The fraction of sp³-hybridized carbons (Fsp3) is 0.846. The number of esters is 1. The van der Waals surface area contributed by atoms with Crippen LogP contribution in [-0.4, -0.2) is 24.6 Å². The first kappa shape index (κ1) is 42.4. The first-order valence-electron chi connectivity index (χ1n) is 18.9. The summed E-state index contributed by atoms with van der Waals surface area (Å²) in [7, 11) is 0. The molecule has 0 saturated carbocycles. The lowest BCUT2D eigenvalue weighted by atomic mass is 10.1. The van der Waals surface area contributed by atoms with E-state index < -0.39 is 6.10 Å². The van der Waals surface area contributed by atoms with Crippen LogP contribution < -0.4 is 0 Å². The van der Waals surface area contributed by atoms with Crippen molar-refractivity contribution >= 4 is 11.9 Å². The molecule has 0 aliphatic rings. The molecule has 0 spiro atoms. The molecule has 0 bridgehead atoms. The summed E-state index contributed by atoms with van der Waals surface area (Å²) in [5.41, 5.74) is 0. The number of hydrogen-bond acceptors (Lipinski definition) is 5. The van der Waals surface area contributed by atoms with Crippen LogP contribution >= 0.6 is 0 Å². The normalized spacial score (nSPS) is 12.3. The molecule has 0 saturated heterocycles. The van der Waals surface area contributed by atoms with Crippen LogP contribution in [0.1, 0.15) is 201 Å². The second-order valence-corrected chi connectivity index (χ2v) is 12.7. The van der Waals surface area contributed by atoms with Gasteiger partial charge in [-0.1, -0.05) is 141 Å². The lowest BCUT2D eigenvalue weighted by molar-refractivity contribution is -0.299. The lowest BCUT2D eigenvalue weighted by Gasteiger charge is -2.12.